The number of hydrogen-bond donors (Lipinski definition) is 1. The highest BCUT2D eigenvalue weighted by Crippen LogP contribution is 2.11. The highest BCUT2D eigenvalue weighted by Gasteiger charge is 2.05. The van der Waals surface area contributed by atoms with Gasteiger partial charge in [0.05, 0.1) is 12.3 Å². The number of nitrogens with one attached hydrogen (secondary N) is 1. The molecule has 0 atom stereocenters. The van der Waals surface area contributed by atoms with E-state index >= 15 is 0 Å². The first-order valence-corrected chi connectivity index (χ1v) is 6.28. The van der Waals surface area contributed by atoms with Gasteiger partial charge in [0.25, 0.3) is 0 Å². The minimum atomic E-state index is -0.516. The fraction of sp³-hybridized carbons (Fsp3) is 0.214. The molecular formula is C14H15N3O3. The predicted octanol–water partition coefficient (Wildman–Crippen LogP) is 2.87. The molecule has 2 aromatic rings. The Morgan fingerprint density at radius 2 is 2.00 bits per heavy atom. The first kappa shape index (κ1) is 13.8. The van der Waals surface area contributed by atoms with Crippen molar-refractivity contribution in [2.75, 3.05) is 18.5 Å². The third-order valence-corrected chi connectivity index (χ3v) is 2.60. The molecule has 0 saturated heterocycles. The molecule has 0 aliphatic heterocycles. The second-order valence-corrected chi connectivity index (χ2v) is 4.10. The van der Waals surface area contributed by atoms with Crippen molar-refractivity contribution in [2.45, 2.75) is 6.42 Å². The smallest absolute Gasteiger partial charge is 0.363 e. The molecule has 104 valence electrons. The summed E-state index contributed by atoms with van der Waals surface area (Å²) in [6.07, 6.45) is 2.28. The van der Waals surface area contributed by atoms with Gasteiger partial charge >= 0.3 is 5.82 Å². The van der Waals surface area contributed by atoms with E-state index in [-0.39, 0.29) is 5.82 Å². The van der Waals surface area contributed by atoms with Gasteiger partial charge in [0, 0.05) is 12.6 Å². The van der Waals surface area contributed by atoms with Crippen molar-refractivity contribution in [1.29, 1.82) is 0 Å². The largest absolute Gasteiger partial charge is 0.494 e. The topological polar surface area (TPSA) is 77.3 Å². The summed E-state index contributed by atoms with van der Waals surface area (Å²) < 4.78 is 5.55. The van der Waals surface area contributed by atoms with Gasteiger partial charge in [-0.05, 0) is 34.5 Å². The van der Waals surface area contributed by atoms with Gasteiger partial charge in [-0.2, -0.15) is 0 Å². The lowest BCUT2D eigenvalue weighted by Gasteiger charge is -2.07. The van der Waals surface area contributed by atoms with Crippen LogP contribution in [0.1, 0.15) is 6.42 Å². The Bertz CT molecular complexity index is 543. The van der Waals surface area contributed by atoms with Crippen LogP contribution in [-0.4, -0.2) is 23.1 Å². The third-order valence-electron chi connectivity index (χ3n) is 2.60. The highest BCUT2D eigenvalue weighted by atomic mass is 16.6. The van der Waals surface area contributed by atoms with E-state index in [0.29, 0.717) is 13.2 Å². The summed E-state index contributed by atoms with van der Waals surface area (Å²) in [6, 6.07) is 12.6. The molecule has 0 unspecified atom stereocenters. The van der Waals surface area contributed by atoms with E-state index in [4.69, 9.17) is 4.74 Å². The monoisotopic (exact) mass is 273 g/mol. The van der Waals surface area contributed by atoms with Crippen LogP contribution in [0.25, 0.3) is 0 Å². The van der Waals surface area contributed by atoms with Crippen LogP contribution in [-0.2, 0) is 0 Å². The molecule has 2 rings (SSSR count). The Labute approximate surface area is 116 Å². The molecule has 20 heavy (non-hydrogen) atoms. The zero-order chi connectivity index (χ0) is 14.2. The van der Waals surface area contributed by atoms with Gasteiger partial charge in [-0.15, -0.1) is 0 Å². The molecular weight excluding hydrogens is 258 g/mol. The number of rotatable bonds is 7. The maximum absolute atomic E-state index is 10.5. The lowest BCUT2D eigenvalue weighted by Crippen LogP contribution is -2.07. The summed E-state index contributed by atoms with van der Waals surface area (Å²) in [4.78, 5) is 13.7. The Kier molecular flexibility index (Phi) is 4.88. The Balaban J connectivity index is 1.67. The van der Waals surface area contributed by atoms with Gasteiger partial charge in [0.15, 0.2) is 6.20 Å². The number of benzene rings is 1. The van der Waals surface area contributed by atoms with Crippen molar-refractivity contribution < 1.29 is 9.66 Å². The molecule has 0 aliphatic rings. The van der Waals surface area contributed by atoms with Crippen LogP contribution in [0.3, 0.4) is 0 Å². The highest BCUT2D eigenvalue weighted by molar-refractivity contribution is 5.43. The first-order chi connectivity index (χ1) is 9.75. The van der Waals surface area contributed by atoms with Gasteiger partial charge in [-0.1, -0.05) is 18.2 Å². The van der Waals surface area contributed by atoms with Crippen molar-refractivity contribution in [3.63, 3.8) is 0 Å². The van der Waals surface area contributed by atoms with E-state index in [1.807, 2.05) is 30.3 Å². The summed E-state index contributed by atoms with van der Waals surface area (Å²) in [6.45, 7) is 1.32. The molecule has 0 spiro atoms. The van der Waals surface area contributed by atoms with E-state index in [1.54, 1.807) is 6.07 Å². The standard InChI is InChI=1S/C14H15N3O3/c18-17(19)14-8-7-12(11-16-14)15-9-4-10-20-13-5-2-1-3-6-13/h1-3,5-8,11,15H,4,9-10H2. The average molecular weight is 273 g/mol. The first-order valence-electron chi connectivity index (χ1n) is 6.28. The predicted molar refractivity (Wildman–Crippen MR) is 75.9 cm³/mol. The Morgan fingerprint density at radius 3 is 2.65 bits per heavy atom. The van der Waals surface area contributed by atoms with Crippen LogP contribution in [0.2, 0.25) is 0 Å². The van der Waals surface area contributed by atoms with Gasteiger partial charge in [-0.25, -0.2) is 0 Å². The number of hydrogen-bond acceptors (Lipinski definition) is 5. The summed E-state index contributed by atoms with van der Waals surface area (Å²) in [5.41, 5.74) is 0.760. The second kappa shape index (κ2) is 7.08. The molecule has 0 saturated carbocycles. The zero-order valence-electron chi connectivity index (χ0n) is 10.9. The quantitative estimate of drug-likeness (QED) is 0.477. The Morgan fingerprint density at radius 1 is 1.20 bits per heavy atom. The van der Waals surface area contributed by atoms with Crippen LogP contribution < -0.4 is 10.1 Å². The van der Waals surface area contributed by atoms with Crippen LogP contribution in [0, 0.1) is 10.1 Å². The SMILES string of the molecule is O=[N+]([O-])c1ccc(NCCCOc2ccccc2)cn1. The number of nitrogens with zero attached hydrogens (tertiary/aromatic N) is 2. The molecule has 0 fully saturated rings. The van der Waals surface area contributed by atoms with Gasteiger partial charge in [-0.3, -0.25) is 0 Å². The number of anilines is 1. The van der Waals surface area contributed by atoms with E-state index < -0.39 is 4.92 Å². The third kappa shape index (κ3) is 4.24. The van der Waals surface area contributed by atoms with Gasteiger partial charge in [0.1, 0.15) is 5.75 Å². The molecule has 1 N–H and O–H groups in total. The van der Waals surface area contributed by atoms with Crippen LogP contribution in [0.15, 0.2) is 48.7 Å². The number of pyridine rings is 1. The van der Waals surface area contributed by atoms with Crippen molar-refractivity contribution >= 4 is 11.5 Å². The van der Waals surface area contributed by atoms with Crippen LogP contribution >= 0.6 is 0 Å². The summed E-state index contributed by atoms with van der Waals surface area (Å²) >= 11 is 0. The zero-order valence-corrected chi connectivity index (χ0v) is 10.9. The molecule has 0 aliphatic carbocycles. The van der Waals surface area contributed by atoms with Crippen LogP contribution in [0.4, 0.5) is 11.5 Å². The number of nitro groups is 1. The molecule has 0 bridgehead atoms. The number of aromatic nitrogens is 1. The van der Waals surface area contributed by atoms with Crippen molar-refractivity contribution in [1.82, 2.24) is 4.98 Å². The fourth-order valence-electron chi connectivity index (χ4n) is 1.61. The molecule has 1 heterocycles. The molecule has 1 aromatic carbocycles. The van der Waals surface area contributed by atoms with Crippen molar-refractivity contribution in [3.8, 4) is 5.75 Å². The van der Waals surface area contributed by atoms with Crippen molar-refractivity contribution in [2.24, 2.45) is 0 Å². The molecule has 0 radical (unpaired) electrons. The molecule has 1 aromatic heterocycles. The molecule has 0 amide bonds. The number of para-hydroxylation sites is 1. The second-order valence-electron chi connectivity index (χ2n) is 4.10. The van der Waals surface area contributed by atoms with E-state index in [0.717, 1.165) is 17.9 Å². The van der Waals surface area contributed by atoms with E-state index in [9.17, 15) is 10.1 Å². The average Bonchev–Trinajstić information content (AvgIpc) is 2.48. The normalized spacial score (nSPS) is 10.0. The van der Waals surface area contributed by atoms with Gasteiger partial charge < -0.3 is 20.2 Å². The maximum Gasteiger partial charge on any atom is 0.363 e. The summed E-state index contributed by atoms with van der Waals surface area (Å²) in [5, 5.41) is 13.6. The van der Waals surface area contributed by atoms with Crippen LogP contribution in [0.5, 0.6) is 5.75 Å². The van der Waals surface area contributed by atoms with E-state index in [2.05, 4.69) is 10.3 Å². The van der Waals surface area contributed by atoms with E-state index in [1.165, 1.54) is 12.3 Å². The van der Waals surface area contributed by atoms with Gasteiger partial charge in [0.2, 0.25) is 0 Å². The summed E-state index contributed by atoms with van der Waals surface area (Å²) in [5.74, 6) is 0.701. The number of ether oxygens (including phenoxy) is 1. The summed E-state index contributed by atoms with van der Waals surface area (Å²) in [7, 11) is 0. The minimum Gasteiger partial charge on any atom is -0.494 e. The Hall–Kier alpha value is -2.63. The molecule has 6 heteroatoms. The molecule has 6 nitrogen and oxygen atoms in total. The maximum atomic E-state index is 10.5. The minimum absolute atomic E-state index is 0.150. The van der Waals surface area contributed by atoms with Crippen molar-refractivity contribution in [3.05, 3.63) is 58.8 Å². The lowest BCUT2D eigenvalue weighted by atomic mass is 10.3. The fourth-order valence-corrected chi connectivity index (χ4v) is 1.61. The lowest BCUT2D eigenvalue weighted by molar-refractivity contribution is -0.389.